The van der Waals surface area contributed by atoms with E-state index in [2.05, 4.69) is 12.2 Å². The normalized spacial score (nSPS) is 11.2. The summed E-state index contributed by atoms with van der Waals surface area (Å²) in [5, 5.41) is 2.39. The molecule has 0 fully saturated rings. The number of hydrogen-bond donors (Lipinski definition) is 1. The van der Waals surface area contributed by atoms with Crippen molar-refractivity contribution in [3.63, 3.8) is 0 Å². The SMILES string of the molecule is CCCc1ccc(OCCNC(=O)CCC(F)(F)F)cc1. The fourth-order valence-corrected chi connectivity index (χ4v) is 1.74. The van der Waals surface area contributed by atoms with Crippen LogP contribution in [0.5, 0.6) is 5.75 Å². The van der Waals surface area contributed by atoms with E-state index < -0.39 is 24.9 Å². The largest absolute Gasteiger partial charge is 0.492 e. The van der Waals surface area contributed by atoms with Gasteiger partial charge in [-0.1, -0.05) is 25.5 Å². The van der Waals surface area contributed by atoms with Crippen LogP contribution < -0.4 is 10.1 Å². The molecule has 0 aliphatic carbocycles. The standard InChI is InChI=1S/C15H20F3NO2/c1-2-3-12-4-6-13(7-5-12)21-11-10-19-14(20)8-9-15(16,17)18/h4-7H,2-3,8-11H2,1H3,(H,19,20). The Morgan fingerprint density at radius 1 is 1.24 bits per heavy atom. The van der Waals surface area contributed by atoms with E-state index >= 15 is 0 Å². The van der Waals surface area contributed by atoms with Crippen LogP contribution in [0.1, 0.15) is 31.7 Å². The van der Waals surface area contributed by atoms with E-state index in [4.69, 9.17) is 4.74 Å². The second-order valence-electron chi connectivity index (χ2n) is 4.71. The summed E-state index contributed by atoms with van der Waals surface area (Å²) >= 11 is 0. The average Bonchev–Trinajstić information content (AvgIpc) is 2.43. The molecule has 0 aliphatic rings. The first kappa shape index (κ1) is 17.3. The smallest absolute Gasteiger partial charge is 0.389 e. The van der Waals surface area contributed by atoms with Crippen LogP contribution in [-0.2, 0) is 11.2 Å². The van der Waals surface area contributed by atoms with Gasteiger partial charge in [0.2, 0.25) is 5.91 Å². The van der Waals surface area contributed by atoms with Crippen LogP contribution in [0.4, 0.5) is 13.2 Å². The zero-order valence-corrected chi connectivity index (χ0v) is 12.0. The number of carbonyl (C=O) groups is 1. The maximum absolute atomic E-state index is 11.9. The molecule has 0 aromatic heterocycles. The summed E-state index contributed by atoms with van der Waals surface area (Å²) in [5.41, 5.74) is 1.23. The van der Waals surface area contributed by atoms with E-state index in [1.54, 1.807) is 0 Å². The molecule has 118 valence electrons. The minimum Gasteiger partial charge on any atom is -0.492 e. The van der Waals surface area contributed by atoms with Crippen molar-refractivity contribution in [2.45, 2.75) is 38.8 Å². The zero-order valence-electron chi connectivity index (χ0n) is 12.0. The fraction of sp³-hybridized carbons (Fsp3) is 0.533. The third kappa shape index (κ3) is 8.22. The maximum atomic E-state index is 11.9. The second-order valence-corrected chi connectivity index (χ2v) is 4.71. The Hall–Kier alpha value is -1.72. The monoisotopic (exact) mass is 303 g/mol. The highest BCUT2D eigenvalue weighted by molar-refractivity contribution is 5.75. The summed E-state index contributed by atoms with van der Waals surface area (Å²) in [4.78, 5) is 11.2. The van der Waals surface area contributed by atoms with Crippen LogP contribution in [0.15, 0.2) is 24.3 Å². The van der Waals surface area contributed by atoms with Crippen molar-refractivity contribution in [3.8, 4) is 5.75 Å². The molecular weight excluding hydrogens is 283 g/mol. The van der Waals surface area contributed by atoms with E-state index in [0.29, 0.717) is 5.75 Å². The van der Waals surface area contributed by atoms with Crippen molar-refractivity contribution in [1.82, 2.24) is 5.32 Å². The molecule has 3 nitrogen and oxygen atoms in total. The molecular formula is C15H20F3NO2. The zero-order chi connectivity index (χ0) is 15.7. The number of ether oxygens (including phenoxy) is 1. The van der Waals surface area contributed by atoms with Gasteiger partial charge in [-0.2, -0.15) is 13.2 Å². The van der Waals surface area contributed by atoms with Gasteiger partial charge in [0.1, 0.15) is 12.4 Å². The van der Waals surface area contributed by atoms with E-state index in [9.17, 15) is 18.0 Å². The number of hydrogen-bond acceptors (Lipinski definition) is 2. The van der Waals surface area contributed by atoms with E-state index in [0.717, 1.165) is 12.8 Å². The molecule has 0 saturated heterocycles. The van der Waals surface area contributed by atoms with Crippen LogP contribution in [0.25, 0.3) is 0 Å². The van der Waals surface area contributed by atoms with Gasteiger partial charge in [-0.3, -0.25) is 4.79 Å². The van der Waals surface area contributed by atoms with Crippen LogP contribution in [0, 0.1) is 0 Å². The lowest BCUT2D eigenvalue weighted by atomic mass is 10.1. The number of amides is 1. The number of rotatable bonds is 8. The van der Waals surface area contributed by atoms with Gasteiger partial charge in [0.25, 0.3) is 0 Å². The highest BCUT2D eigenvalue weighted by Crippen LogP contribution is 2.20. The van der Waals surface area contributed by atoms with E-state index in [1.165, 1.54) is 5.56 Å². The van der Waals surface area contributed by atoms with Crippen LogP contribution in [0.2, 0.25) is 0 Å². The summed E-state index contributed by atoms with van der Waals surface area (Å²) < 4.78 is 41.1. The predicted molar refractivity (Wildman–Crippen MR) is 74.2 cm³/mol. The molecule has 0 bridgehead atoms. The highest BCUT2D eigenvalue weighted by atomic mass is 19.4. The highest BCUT2D eigenvalue weighted by Gasteiger charge is 2.27. The Bertz CT molecular complexity index is 430. The summed E-state index contributed by atoms with van der Waals surface area (Å²) in [6.45, 7) is 2.52. The molecule has 1 N–H and O–H groups in total. The van der Waals surface area contributed by atoms with Crippen molar-refractivity contribution >= 4 is 5.91 Å². The number of halogens is 3. The maximum Gasteiger partial charge on any atom is 0.389 e. The first-order valence-electron chi connectivity index (χ1n) is 6.96. The molecule has 0 saturated carbocycles. The first-order chi connectivity index (χ1) is 9.90. The lowest BCUT2D eigenvalue weighted by Gasteiger charge is -2.09. The summed E-state index contributed by atoms with van der Waals surface area (Å²) in [6.07, 6.45) is -3.86. The van der Waals surface area contributed by atoms with E-state index in [1.807, 2.05) is 24.3 Å². The van der Waals surface area contributed by atoms with Crippen LogP contribution >= 0.6 is 0 Å². The number of aryl methyl sites for hydroxylation is 1. The molecule has 1 rings (SSSR count). The Morgan fingerprint density at radius 3 is 2.48 bits per heavy atom. The molecule has 1 aromatic rings. The molecule has 0 atom stereocenters. The van der Waals surface area contributed by atoms with Gasteiger partial charge in [-0.05, 0) is 24.1 Å². The number of nitrogens with one attached hydrogen (secondary N) is 1. The third-order valence-electron chi connectivity index (χ3n) is 2.79. The summed E-state index contributed by atoms with van der Waals surface area (Å²) in [5.74, 6) is 0.0635. The van der Waals surface area contributed by atoms with Gasteiger partial charge in [-0.25, -0.2) is 0 Å². The minimum atomic E-state index is -4.30. The van der Waals surface area contributed by atoms with Gasteiger partial charge in [-0.15, -0.1) is 0 Å². The number of benzene rings is 1. The molecule has 21 heavy (non-hydrogen) atoms. The Morgan fingerprint density at radius 2 is 1.90 bits per heavy atom. The van der Waals surface area contributed by atoms with Gasteiger partial charge < -0.3 is 10.1 Å². The summed E-state index contributed by atoms with van der Waals surface area (Å²) in [7, 11) is 0. The number of carbonyl (C=O) groups excluding carboxylic acids is 1. The van der Waals surface area contributed by atoms with Gasteiger partial charge in [0, 0.05) is 6.42 Å². The molecule has 0 aliphatic heterocycles. The lowest BCUT2D eigenvalue weighted by molar-refractivity contribution is -0.144. The predicted octanol–water partition coefficient (Wildman–Crippen LogP) is 3.48. The molecule has 0 heterocycles. The van der Waals surface area contributed by atoms with Gasteiger partial charge in [0.05, 0.1) is 13.0 Å². The van der Waals surface area contributed by atoms with Crippen LogP contribution in [0.3, 0.4) is 0 Å². The molecule has 1 aromatic carbocycles. The quantitative estimate of drug-likeness (QED) is 0.747. The van der Waals surface area contributed by atoms with Crippen molar-refractivity contribution < 1.29 is 22.7 Å². The Kier molecular flexibility index (Phi) is 7.05. The van der Waals surface area contributed by atoms with Crippen molar-refractivity contribution in [2.24, 2.45) is 0 Å². The second kappa shape index (κ2) is 8.54. The van der Waals surface area contributed by atoms with Gasteiger partial charge in [0.15, 0.2) is 0 Å². The minimum absolute atomic E-state index is 0.188. The van der Waals surface area contributed by atoms with Gasteiger partial charge >= 0.3 is 6.18 Å². The average molecular weight is 303 g/mol. The molecule has 0 spiro atoms. The van der Waals surface area contributed by atoms with Crippen molar-refractivity contribution in [1.29, 1.82) is 0 Å². The third-order valence-corrected chi connectivity index (χ3v) is 2.79. The van der Waals surface area contributed by atoms with Crippen molar-refractivity contribution in [3.05, 3.63) is 29.8 Å². The first-order valence-corrected chi connectivity index (χ1v) is 6.96. The fourth-order valence-electron chi connectivity index (χ4n) is 1.74. The van der Waals surface area contributed by atoms with E-state index in [-0.39, 0.29) is 13.2 Å². The molecule has 1 amide bonds. The Labute approximate surface area is 122 Å². The van der Waals surface area contributed by atoms with Crippen LogP contribution in [-0.4, -0.2) is 25.2 Å². The topological polar surface area (TPSA) is 38.3 Å². The number of alkyl halides is 3. The molecule has 0 unspecified atom stereocenters. The summed E-state index contributed by atoms with van der Waals surface area (Å²) in [6, 6.07) is 7.63. The Balaban J connectivity index is 2.17. The lowest BCUT2D eigenvalue weighted by Crippen LogP contribution is -2.29. The van der Waals surface area contributed by atoms with Crippen molar-refractivity contribution in [2.75, 3.05) is 13.2 Å². The molecule has 0 radical (unpaired) electrons. The molecule has 6 heteroatoms.